The van der Waals surface area contributed by atoms with Gasteiger partial charge >= 0.3 is 0 Å². The van der Waals surface area contributed by atoms with Gasteiger partial charge in [-0.2, -0.15) is 0 Å². The average Bonchev–Trinajstić information content (AvgIpc) is 3.08. The van der Waals surface area contributed by atoms with Crippen LogP contribution >= 0.6 is 0 Å². The van der Waals surface area contributed by atoms with Crippen LogP contribution in [0.3, 0.4) is 0 Å². The second kappa shape index (κ2) is 8.25. The molecule has 0 saturated carbocycles. The van der Waals surface area contributed by atoms with Crippen LogP contribution in [0.5, 0.6) is 5.75 Å². The van der Waals surface area contributed by atoms with E-state index in [4.69, 9.17) is 4.74 Å². The van der Waals surface area contributed by atoms with Crippen LogP contribution in [0.15, 0.2) is 48.5 Å². The van der Waals surface area contributed by atoms with E-state index in [-0.39, 0.29) is 23.8 Å². The van der Waals surface area contributed by atoms with Crippen LogP contribution < -0.4 is 15.4 Å². The molecule has 27 heavy (non-hydrogen) atoms. The predicted octanol–water partition coefficient (Wildman–Crippen LogP) is 3.25. The van der Waals surface area contributed by atoms with E-state index in [1.54, 1.807) is 31.4 Å². The Morgan fingerprint density at radius 3 is 2.44 bits per heavy atom. The molecule has 2 amide bonds. The van der Waals surface area contributed by atoms with Crippen LogP contribution in [0.2, 0.25) is 0 Å². The molecule has 0 saturated heterocycles. The van der Waals surface area contributed by atoms with E-state index in [2.05, 4.69) is 22.8 Å². The molecule has 0 aromatic heterocycles. The monoisotopic (exact) mass is 366 g/mol. The fourth-order valence-electron chi connectivity index (χ4n) is 3.47. The molecule has 5 nitrogen and oxygen atoms in total. The van der Waals surface area contributed by atoms with Crippen LogP contribution in [0.1, 0.15) is 47.8 Å². The highest BCUT2D eigenvalue weighted by Crippen LogP contribution is 2.30. The van der Waals surface area contributed by atoms with E-state index < -0.39 is 6.04 Å². The van der Waals surface area contributed by atoms with Gasteiger partial charge in [-0.25, -0.2) is 0 Å². The third kappa shape index (κ3) is 4.30. The number of aryl methyl sites for hydroxylation is 1. The van der Waals surface area contributed by atoms with Gasteiger partial charge in [-0.15, -0.1) is 0 Å². The smallest absolute Gasteiger partial charge is 0.251 e. The highest BCUT2D eigenvalue weighted by Gasteiger charge is 2.29. The van der Waals surface area contributed by atoms with Crippen LogP contribution in [-0.4, -0.2) is 25.0 Å². The summed E-state index contributed by atoms with van der Waals surface area (Å²) in [5.41, 5.74) is 2.96. The number of methoxy groups -OCH3 is 1. The van der Waals surface area contributed by atoms with Gasteiger partial charge in [0.05, 0.1) is 13.2 Å². The standard InChI is InChI=1S/C22H26N2O3/c1-14(2)20(24-21(25)16-8-11-17(27-3)12-9-16)22(26)23-19-13-10-15-6-4-5-7-18(15)19/h4-9,11-12,14,19-20H,10,13H2,1-3H3,(H,23,26)(H,24,25)/t19-,20-/m0/s1. The Balaban J connectivity index is 1.68. The molecule has 0 aliphatic heterocycles. The van der Waals surface area contributed by atoms with Crippen molar-refractivity contribution in [3.8, 4) is 5.75 Å². The molecule has 0 unspecified atom stereocenters. The Morgan fingerprint density at radius 1 is 1.07 bits per heavy atom. The fourth-order valence-corrected chi connectivity index (χ4v) is 3.47. The van der Waals surface area contributed by atoms with Crippen LogP contribution in [0, 0.1) is 5.92 Å². The van der Waals surface area contributed by atoms with Crippen molar-refractivity contribution >= 4 is 11.8 Å². The summed E-state index contributed by atoms with van der Waals surface area (Å²) in [7, 11) is 1.58. The van der Waals surface area contributed by atoms with Gasteiger partial charge in [0, 0.05) is 5.56 Å². The largest absolute Gasteiger partial charge is 0.497 e. The minimum Gasteiger partial charge on any atom is -0.497 e. The summed E-state index contributed by atoms with van der Waals surface area (Å²) >= 11 is 0. The number of nitrogens with one attached hydrogen (secondary N) is 2. The van der Waals surface area contributed by atoms with Gasteiger partial charge in [-0.3, -0.25) is 9.59 Å². The molecule has 2 aromatic carbocycles. The summed E-state index contributed by atoms with van der Waals surface area (Å²) in [5.74, 6) is 0.250. The lowest BCUT2D eigenvalue weighted by Gasteiger charge is -2.24. The first-order chi connectivity index (χ1) is 13.0. The molecule has 3 rings (SSSR count). The fraction of sp³-hybridized carbons (Fsp3) is 0.364. The first-order valence-electron chi connectivity index (χ1n) is 9.32. The van der Waals surface area contributed by atoms with Crippen molar-refractivity contribution in [1.82, 2.24) is 10.6 Å². The number of amides is 2. The molecular formula is C22H26N2O3. The van der Waals surface area contributed by atoms with Crippen molar-refractivity contribution in [2.75, 3.05) is 7.11 Å². The number of carbonyl (C=O) groups excluding carboxylic acids is 2. The maximum Gasteiger partial charge on any atom is 0.251 e. The normalized spacial score (nSPS) is 16.5. The number of benzene rings is 2. The van der Waals surface area contributed by atoms with Crippen molar-refractivity contribution in [2.24, 2.45) is 5.92 Å². The zero-order valence-corrected chi connectivity index (χ0v) is 16.0. The number of fused-ring (bicyclic) bond motifs is 1. The number of rotatable bonds is 6. The molecule has 0 radical (unpaired) electrons. The van der Waals surface area contributed by atoms with Gasteiger partial charge in [0.1, 0.15) is 11.8 Å². The highest BCUT2D eigenvalue weighted by atomic mass is 16.5. The quantitative estimate of drug-likeness (QED) is 0.825. The molecule has 1 aliphatic carbocycles. The topological polar surface area (TPSA) is 67.4 Å². The summed E-state index contributed by atoms with van der Waals surface area (Å²) < 4.78 is 5.11. The van der Waals surface area contributed by atoms with Gasteiger partial charge in [-0.05, 0) is 54.2 Å². The third-order valence-electron chi connectivity index (χ3n) is 5.04. The number of hydrogen-bond donors (Lipinski definition) is 2. The Morgan fingerprint density at radius 2 is 1.78 bits per heavy atom. The van der Waals surface area contributed by atoms with E-state index in [0.29, 0.717) is 11.3 Å². The molecule has 2 aromatic rings. The molecular weight excluding hydrogens is 340 g/mol. The lowest BCUT2D eigenvalue weighted by molar-refractivity contribution is -0.124. The van der Waals surface area contributed by atoms with E-state index in [9.17, 15) is 9.59 Å². The maximum absolute atomic E-state index is 12.9. The second-order valence-corrected chi connectivity index (χ2v) is 7.22. The summed E-state index contributed by atoms with van der Waals surface area (Å²) in [5, 5.41) is 5.99. The Kier molecular flexibility index (Phi) is 5.79. The minimum atomic E-state index is -0.590. The molecule has 1 aliphatic rings. The van der Waals surface area contributed by atoms with Gasteiger partial charge in [0.25, 0.3) is 5.91 Å². The average molecular weight is 366 g/mol. The van der Waals surface area contributed by atoms with Crippen LogP contribution in [0.25, 0.3) is 0 Å². The lowest BCUT2D eigenvalue weighted by atomic mass is 10.0. The summed E-state index contributed by atoms with van der Waals surface area (Å²) in [4.78, 5) is 25.4. The van der Waals surface area contributed by atoms with Crippen molar-refractivity contribution in [3.05, 3.63) is 65.2 Å². The van der Waals surface area contributed by atoms with E-state index >= 15 is 0 Å². The molecule has 0 spiro atoms. The van der Waals surface area contributed by atoms with Gasteiger partial charge in [0.15, 0.2) is 0 Å². The zero-order valence-electron chi connectivity index (χ0n) is 16.0. The highest BCUT2D eigenvalue weighted by molar-refractivity contribution is 5.97. The van der Waals surface area contributed by atoms with Crippen molar-refractivity contribution in [2.45, 2.75) is 38.8 Å². The van der Waals surface area contributed by atoms with Gasteiger partial charge < -0.3 is 15.4 Å². The van der Waals surface area contributed by atoms with Crippen LogP contribution in [0.4, 0.5) is 0 Å². The minimum absolute atomic E-state index is 0.00726. The van der Waals surface area contributed by atoms with E-state index in [1.165, 1.54) is 11.1 Å². The third-order valence-corrected chi connectivity index (χ3v) is 5.04. The Hall–Kier alpha value is -2.82. The molecule has 0 bridgehead atoms. The second-order valence-electron chi connectivity index (χ2n) is 7.22. The first-order valence-corrected chi connectivity index (χ1v) is 9.32. The van der Waals surface area contributed by atoms with Gasteiger partial charge in [0.2, 0.25) is 5.91 Å². The van der Waals surface area contributed by atoms with E-state index in [0.717, 1.165) is 12.8 Å². The Bertz CT molecular complexity index is 815. The lowest BCUT2D eigenvalue weighted by Crippen LogP contribution is -2.50. The first kappa shape index (κ1) is 19.0. The van der Waals surface area contributed by atoms with Crippen molar-refractivity contribution in [3.63, 3.8) is 0 Å². The van der Waals surface area contributed by atoms with Crippen molar-refractivity contribution < 1.29 is 14.3 Å². The molecule has 0 heterocycles. The number of hydrogen-bond acceptors (Lipinski definition) is 3. The molecule has 2 N–H and O–H groups in total. The summed E-state index contributed by atoms with van der Waals surface area (Å²) in [6, 6.07) is 14.4. The van der Waals surface area contributed by atoms with E-state index in [1.807, 2.05) is 26.0 Å². The molecule has 0 fully saturated rings. The van der Waals surface area contributed by atoms with Crippen LogP contribution in [-0.2, 0) is 11.2 Å². The summed E-state index contributed by atoms with van der Waals surface area (Å²) in [6.45, 7) is 3.86. The zero-order chi connectivity index (χ0) is 19.4. The molecule has 2 atom stereocenters. The van der Waals surface area contributed by atoms with Gasteiger partial charge in [-0.1, -0.05) is 38.1 Å². The Labute approximate surface area is 160 Å². The number of ether oxygens (including phenoxy) is 1. The summed E-state index contributed by atoms with van der Waals surface area (Å²) in [6.07, 6.45) is 1.86. The molecule has 5 heteroatoms. The SMILES string of the molecule is COc1ccc(C(=O)N[C@H](C(=O)N[C@H]2CCc3ccccc32)C(C)C)cc1. The van der Waals surface area contributed by atoms with Crippen molar-refractivity contribution in [1.29, 1.82) is 0 Å². The maximum atomic E-state index is 12.9. The molecule has 142 valence electrons. The number of carbonyl (C=O) groups is 2. The predicted molar refractivity (Wildman–Crippen MR) is 105 cm³/mol.